The Labute approximate surface area is 101 Å². The fourth-order valence-electron chi connectivity index (χ4n) is 1.48. The monoisotopic (exact) mass is 248 g/mol. The first-order valence-corrected chi connectivity index (χ1v) is 7.86. The number of nitrogens with one attached hydrogen (secondary N) is 2. The summed E-state index contributed by atoms with van der Waals surface area (Å²) in [7, 11) is 0. The van der Waals surface area contributed by atoms with Crippen molar-refractivity contribution in [3.05, 3.63) is 0 Å². The summed E-state index contributed by atoms with van der Waals surface area (Å²) in [5, 5.41) is 6.25. The summed E-state index contributed by atoms with van der Waals surface area (Å²) in [6.07, 6.45) is 2.09. The van der Waals surface area contributed by atoms with E-state index in [9.17, 15) is 4.79 Å². The maximum Gasteiger partial charge on any atom is 0.238 e. The predicted molar refractivity (Wildman–Crippen MR) is 69.7 cm³/mol. The molecule has 0 radical (unpaired) electrons. The van der Waals surface area contributed by atoms with Crippen molar-refractivity contribution in [2.45, 2.75) is 13.0 Å². The molecule has 1 fully saturated rings. The molecule has 0 aromatic heterocycles. The Bertz CT molecular complexity index is 196. The lowest BCUT2D eigenvalue weighted by Crippen LogP contribution is -2.49. The van der Waals surface area contributed by atoms with Gasteiger partial charge in [0.1, 0.15) is 0 Å². The number of amides is 1. The Morgan fingerprint density at radius 3 is 3.13 bits per heavy atom. The third-order valence-electron chi connectivity index (χ3n) is 2.31. The second-order valence-corrected chi connectivity index (χ2v) is 5.95. The SMILES string of the molecule is CSCC(C)CNC(=O)C1CSCCN1. The maximum atomic E-state index is 11.7. The van der Waals surface area contributed by atoms with Gasteiger partial charge in [-0.1, -0.05) is 6.92 Å². The van der Waals surface area contributed by atoms with E-state index in [1.807, 2.05) is 23.5 Å². The Morgan fingerprint density at radius 2 is 2.53 bits per heavy atom. The van der Waals surface area contributed by atoms with Crippen molar-refractivity contribution in [3.8, 4) is 0 Å². The van der Waals surface area contributed by atoms with Crippen molar-refractivity contribution in [1.29, 1.82) is 0 Å². The summed E-state index contributed by atoms with van der Waals surface area (Å²) >= 11 is 3.67. The molecule has 88 valence electrons. The number of hydrogen-bond acceptors (Lipinski definition) is 4. The van der Waals surface area contributed by atoms with Crippen molar-refractivity contribution in [2.24, 2.45) is 5.92 Å². The summed E-state index contributed by atoms with van der Waals surface area (Å²) in [5.41, 5.74) is 0. The lowest BCUT2D eigenvalue weighted by atomic mass is 10.2. The molecule has 1 heterocycles. The number of carbonyl (C=O) groups is 1. The van der Waals surface area contributed by atoms with E-state index in [0.717, 1.165) is 30.3 Å². The van der Waals surface area contributed by atoms with Crippen LogP contribution in [0, 0.1) is 5.92 Å². The zero-order chi connectivity index (χ0) is 11.1. The number of hydrogen-bond donors (Lipinski definition) is 2. The fraction of sp³-hybridized carbons (Fsp3) is 0.900. The lowest BCUT2D eigenvalue weighted by Gasteiger charge is -2.23. The molecule has 15 heavy (non-hydrogen) atoms. The molecule has 2 N–H and O–H groups in total. The minimum absolute atomic E-state index is 0.0187. The number of rotatable bonds is 5. The molecule has 1 rings (SSSR count). The predicted octanol–water partition coefficient (Wildman–Crippen LogP) is 0.807. The summed E-state index contributed by atoms with van der Waals surface area (Å²) in [4.78, 5) is 11.7. The summed E-state index contributed by atoms with van der Waals surface area (Å²) < 4.78 is 0. The topological polar surface area (TPSA) is 41.1 Å². The Morgan fingerprint density at radius 1 is 1.73 bits per heavy atom. The Kier molecular flexibility index (Phi) is 6.52. The Balaban J connectivity index is 2.16. The molecule has 0 aliphatic carbocycles. The molecule has 5 heteroatoms. The Hall–Kier alpha value is 0.130. The van der Waals surface area contributed by atoms with Crippen LogP contribution in [0.4, 0.5) is 0 Å². The molecule has 3 nitrogen and oxygen atoms in total. The second-order valence-electron chi connectivity index (χ2n) is 3.89. The van der Waals surface area contributed by atoms with E-state index < -0.39 is 0 Å². The van der Waals surface area contributed by atoms with Gasteiger partial charge in [-0.2, -0.15) is 23.5 Å². The highest BCUT2D eigenvalue weighted by Gasteiger charge is 2.20. The molecular weight excluding hydrogens is 228 g/mol. The first-order valence-electron chi connectivity index (χ1n) is 5.31. The van der Waals surface area contributed by atoms with Gasteiger partial charge in [0, 0.05) is 24.6 Å². The molecule has 1 saturated heterocycles. The minimum Gasteiger partial charge on any atom is -0.354 e. The van der Waals surface area contributed by atoms with Crippen LogP contribution < -0.4 is 10.6 Å². The van der Waals surface area contributed by atoms with Gasteiger partial charge in [-0.05, 0) is 17.9 Å². The van der Waals surface area contributed by atoms with Crippen LogP contribution in [0.3, 0.4) is 0 Å². The zero-order valence-electron chi connectivity index (χ0n) is 9.41. The molecule has 2 atom stereocenters. The molecule has 0 saturated carbocycles. The smallest absolute Gasteiger partial charge is 0.238 e. The van der Waals surface area contributed by atoms with Gasteiger partial charge in [0.05, 0.1) is 6.04 Å². The van der Waals surface area contributed by atoms with Crippen LogP contribution in [0.25, 0.3) is 0 Å². The van der Waals surface area contributed by atoms with Crippen molar-refractivity contribution < 1.29 is 4.79 Å². The average molecular weight is 248 g/mol. The molecule has 0 bridgehead atoms. The van der Waals surface area contributed by atoms with E-state index >= 15 is 0 Å². The van der Waals surface area contributed by atoms with E-state index in [4.69, 9.17) is 0 Å². The third-order valence-corrected chi connectivity index (χ3v) is 4.28. The van der Waals surface area contributed by atoms with Crippen LogP contribution >= 0.6 is 23.5 Å². The largest absolute Gasteiger partial charge is 0.354 e. The van der Waals surface area contributed by atoms with Crippen LogP contribution in [0.2, 0.25) is 0 Å². The van der Waals surface area contributed by atoms with Crippen molar-refractivity contribution in [3.63, 3.8) is 0 Å². The van der Waals surface area contributed by atoms with Crippen LogP contribution in [0.15, 0.2) is 0 Å². The van der Waals surface area contributed by atoms with E-state index in [-0.39, 0.29) is 11.9 Å². The molecule has 1 aliphatic heterocycles. The van der Waals surface area contributed by atoms with Gasteiger partial charge in [0.2, 0.25) is 5.91 Å². The van der Waals surface area contributed by atoms with Gasteiger partial charge in [-0.15, -0.1) is 0 Å². The normalized spacial score (nSPS) is 23.5. The summed E-state index contributed by atoms with van der Waals surface area (Å²) in [6, 6.07) is 0.0187. The van der Waals surface area contributed by atoms with Crippen LogP contribution in [-0.4, -0.2) is 48.6 Å². The third kappa shape index (κ3) is 5.13. The van der Waals surface area contributed by atoms with Crippen molar-refractivity contribution in [2.75, 3.05) is 36.6 Å². The number of thioether (sulfide) groups is 2. The molecule has 1 aliphatic rings. The highest BCUT2D eigenvalue weighted by molar-refractivity contribution is 7.99. The van der Waals surface area contributed by atoms with Crippen LogP contribution in [-0.2, 0) is 4.79 Å². The maximum absolute atomic E-state index is 11.7. The average Bonchev–Trinajstić information content (AvgIpc) is 2.27. The van der Waals surface area contributed by atoms with Gasteiger partial charge in [-0.3, -0.25) is 4.79 Å². The van der Waals surface area contributed by atoms with E-state index in [1.165, 1.54) is 0 Å². The van der Waals surface area contributed by atoms with Gasteiger partial charge >= 0.3 is 0 Å². The summed E-state index contributed by atoms with van der Waals surface area (Å²) in [6.45, 7) is 3.91. The fourth-order valence-corrected chi connectivity index (χ4v) is 3.10. The van der Waals surface area contributed by atoms with E-state index in [1.54, 1.807) is 0 Å². The first-order chi connectivity index (χ1) is 7.24. The highest BCUT2D eigenvalue weighted by Crippen LogP contribution is 2.08. The van der Waals surface area contributed by atoms with E-state index in [0.29, 0.717) is 5.92 Å². The summed E-state index contributed by atoms with van der Waals surface area (Å²) in [5.74, 6) is 3.85. The highest BCUT2D eigenvalue weighted by atomic mass is 32.2. The molecule has 2 unspecified atom stereocenters. The molecule has 0 aromatic carbocycles. The van der Waals surface area contributed by atoms with Gasteiger partial charge in [-0.25, -0.2) is 0 Å². The molecular formula is C10H20N2OS2. The van der Waals surface area contributed by atoms with Gasteiger partial charge in [0.25, 0.3) is 0 Å². The van der Waals surface area contributed by atoms with Crippen molar-refractivity contribution in [1.82, 2.24) is 10.6 Å². The molecule has 0 spiro atoms. The lowest BCUT2D eigenvalue weighted by molar-refractivity contribution is -0.122. The van der Waals surface area contributed by atoms with Crippen LogP contribution in [0.5, 0.6) is 0 Å². The standard InChI is InChI=1S/C10H20N2OS2/c1-8(6-14-2)5-12-10(13)9-7-15-4-3-11-9/h8-9,11H,3-7H2,1-2H3,(H,12,13). The van der Waals surface area contributed by atoms with Crippen LogP contribution in [0.1, 0.15) is 6.92 Å². The quantitative estimate of drug-likeness (QED) is 0.755. The number of carbonyl (C=O) groups excluding carboxylic acids is 1. The molecule has 0 aromatic rings. The van der Waals surface area contributed by atoms with Crippen molar-refractivity contribution >= 4 is 29.4 Å². The molecule has 1 amide bonds. The minimum atomic E-state index is 0.0187. The van der Waals surface area contributed by atoms with Gasteiger partial charge in [0.15, 0.2) is 0 Å². The van der Waals surface area contributed by atoms with Gasteiger partial charge < -0.3 is 10.6 Å². The second kappa shape index (κ2) is 7.41. The first kappa shape index (κ1) is 13.2. The zero-order valence-corrected chi connectivity index (χ0v) is 11.0. The van der Waals surface area contributed by atoms with E-state index in [2.05, 4.69) is 23.8 Å².